The highest BCUT2D eigenvalue weighted by Crippen LogP contribution is 2.09. The molecule has 1 aromatic carbocycles. The molecule has 0 aliphatic carbocycles. The van der Waals surface area contributed by atoms with E-state index < -0.39 is 5.97 Å². The van der Waals surface area contributed by atoms with Crippen LogP contribution in [-0.4, -0.2) is 24.0 Å². The van der Waals surface area contributed by atoms with E-state index in [-0.39, 0.29) is 18.1 Å². The Labute approximate surface area is 126 Å². The lowest BCUT2D eigenvalue weighted by molar-refractivity contribution is 0.0600. The number of benzene rings is 1. The maximum absolute atomic E-state index is 11.9. The van der Waals surface area contributed by atoms with Crippen molar-refractivity contribution in [1.29, 1.82) is 0 Å². The van der Waals surface area contributed by atoms with Crippen molar-refractivity contribution in [3.05, 3.63) is 51.5 Å². The summed E-state index contributed by atoms with van der Waals surface area (Å²) in [6.07, 6.45) is 5.21. The number of carbonyl (C=O) groups excluding carboxylic acids is 2. The molecular weight excluding hydrogens is 288 g/mol. The number of nitrogens with one attached hydrogen (secondary N) is 1. The number of esters is 1. The SMILES string of the molecule is C#Cc1nc(C(=O)NCc2cccc(C(=O)OC)c2)cs1. The quantitative estimate of drug-likeness (QED) is 0.691. The van der Waals surface area contributed by atoms with Crippen LogP contribution < -0.4 is 5.32 Å². The Balaban J connectivity index is 2.01. The number of rotatable bonds is 4. The van der Waals surface area contributed by atoms with Gasteiger partial charge in [-0.2, -0.15) is 0 Å². The van der Waals surface area contributed by atoms with Crippen LogP contribution in [0.15, 0.2) is 29.6 Å². The molecule has 5 nitrogen and oxygen atoms in total. The van der Waals surface area contributed by atoms with Crippen LogP contribution in [0.25, 0.3) is 0 Å². The highest BCUT2D eigenvalue weighted by atomic mass is 32.1. The van der Waals surface area contributed by atoms with Gasteiger partial charge < -0.3 is 10.1 Å². The molecule has 2 aromatic rings. The molecule has 0 saturated heterocycles. The van der Waals surface area contributed by atoms with Gasteiger partial charge in [0.2, 0.25) is 0 Å². The highest BCUT2D eigenvalue weighted by molar-refractivity contribution is 7.10. The third-order valence-corrected chi connectivity index (χ3v) is 3.43. The van der Waals surface area contributed by atoms with Crippen molar-refractivity contribution in [3.8, 4) is 12.3 Å². The van der Waals surface area contributed by atoms with E-state index in [1.165, 1.54) is 18.4 Å². The fourth-order valence-electron chi connectivity index (χ4n) is 1.64. The van der Waals surface area contributed by atoms with Crippen molar-refractivity contribution in [2.24, 2.45) is 0 Å². The van der Waals surface area contributed by atoms with Gasteiger partial charge in [0.05, 0.1) is 12.7 Å². The normalized spacial score (nSPS) is 9.71. The van der Waals surface area contributed by atoms with Gasteiger partial charge in [-0.3, -0.25) is 4.79 Å². The van der Waals surface area contributed by atoms with E-state index in [9.17, 15) is 9.59 Å². The van der Waals surface area contributed by atoms with Gasteiger partial charge in [-0.05, 0) is 23.6 Å². The van der Waals surface area contributed by atoms with Gasteiger partial charge in [-0.1, -0.05) is 12.1 Å². The Morgan fingerprint density at radius 2 is 2.29 bits per heavy atom. The van der Waals surface area contributed by atoms with Gasteiger partial charge in [-0.25, -0.2) is 9.78 Å². The molecule has 1 heterocycles. The van der Waals surface area contributed by atoms with E-state index in [1.54, 1.807) is 29.6 Å². The lowest BCUT2D eigenvalue weighted by Gasteiger charge is -2.05. The lowest BCUT2D eigenvalue weighted by Crippen LogP contribution is -2.23. The zero-order valence-corrected chi connectivity index (χ0v) is 12.1. The van der Waals surface area contributed by atoms with Gasteiger partial charge in [-0.15, -0.1) is 17.8 Å². The molecule has 21 heavy (non-hydrogen) atoms. The first-order chi connectivity index (χ1) is 10.1. The molecule has 0 saturated carbocycles. The highest BCUT2D eigenvalue weighted by Gasteiger charge is 2.10. The number of ether oxygens (including phenoxy) is 1. The number of hydrogen-bond acceptors (Lipinski definition) is 5. The maximum Gasteiger partial charge on any atom is 0.337 e. The van der Waals surface area contributed by atoms with Crippen LogP contribution in [0.3, 0.4) is 0 Å². The number of aromatic nitrogens is 1. The van der Waals surface area contributed by atoms with Crippen LogP contribution >= 0.6 is 11.3 Å². The van der Waals surface area contributed by atoms with Crippen molar-refractivity contribution in [1.82, 2.24) is 10.3 Å². The third kappa shape index (κ3) is 3.68. The zero-order chi connectivity index (χ0) is 15.2. The number of nitrogens with zero attached hydrogens (tertiary/aromatic N) is 1. The Morgan fingerprint density at radius 1 is 1.48 bits per heavy atom. The Bertz CT molecular complexity index is 716. The Hall–Kier alpha value is -2.65. The predicted octanol–water partition coefficient (Wildman–Crippen LogP) is 1.84. The van der Waals surface area contributed by atoms with Crippen LogP contribution in [0.2, 0.25) is 0 Å². The minimum atomic E-state index is -0.415. The molecule has 1 aromatic heterocycles. The van der Waals surface area contributed by atoms with Crippen LogP contribution in [0.4, 0.5) is 0 Å². The summed E-state index contributed by atoms with van der Waals surface area (Å²) in [7, 11) is 1.32. The van der Waals surface area contributed by atoms with E-state index in [4.69, 9.17) is 6.42 Å². The first kappa shape index (κ1) is 14.8. The zero-order valence-electron chi connectivity index (χ0n) is 11.3. The molecule has 0 fully saturated rings. The van der Waals surface area contributed by atoms with Crippen molar-refractivity contribution in [3.63, 3.8) is 0 Å². The summed E-state index contributed by atoms with van der Waals surface area (Å²) in [6.45, 7) is 0.284. The molecule has 2 rings (SSSR count). The molecular formula is C15H12N2O3S. The van der Waals surface area contributed by atoms with Crippen molar-refractivity contribution < 1.29 is 14.3 Å². The van der Waals surface area contributed by atoms with Gasteiger partial charge in [0, 0.05) is 11.9 Å². The van der Waals surface area contributed by atoms with Crippen molar-refractivity contribution >= 4 is 23.2 Å². The molecule has 6 heteroatoms. The first-order valence-electron chi connectivity index (χ1n) is 6.01. The van der Waals surface area contributed by atoms with Crippen LogP contribution in [0, 0.1) is 12.3 Å². The van der Waals surface area contributed by atoms with Crippen molar-refractivity contribution in [2.75, 3.05) is 7.11 Å². The Kier molecular flexibility index (Phi) is 4.69. The van der Waals surface area contributed by atoms with E-state index in [0.717, 1.165) is 5.56 Å². The standard InChI is InChI=1S/C15H12N2O3S/c1-3-13-17-12(9-21-13)14(18)16-8-10-5-4-6-11(7-10)15(19)20-2/h1,4-7,9H,8H2,2H3,(H,16,18). The van der Waals surface area contributed by atoms with Crippen LogP contribution in [0.1, 0.15) is 31.4 Å². The topological polar surface area (TPSA) is 68.3 Å². The minimum absolute atomic E-state index is 0.284. The molecule has 1 amide bonds. The van der Waals surface area contributed by atoms with E-state index in [0.29, 0.717) is 10.6 Å². The van der Waals surface area contributed by atoms with Crippen LogP contribution in [0.5, 0.6) is 0 Å². The summed E-state index contributed by atoms with van der Waals surface area (Å²) < 4.78 is 4.65. The summed E-state index contributed by atoms with van der Waals surface area (Å²) in [5.74, 6) is 1.65. The number of terminal acetylenes is 1. The number of carbonyl (C=O) groups is 2. The van der Waals surface area contributed by atoms with Crippen LogP contribution in [-0.2, 0) is 11.3 Å². The summed E-state index contributed by atoms with van der Waals surface area (Å²) in [5, 5.41) is 4.79. The fourth-order valence-corrected chi connectivity index (χ4v) is 2.25. The van der Waals surface area contributed by atoms with E-state index in [1.807, 2.05) is 0 Å². The van der Waals surface area contributed by atoms with Crippen molar-refractivity contribution in [2.45, 2.75) is 6.54 Å². The first-order valence-corrected chi connectivity index (χ1v) is 6.89. The molecule has 0 radical (unpaired) electrons. The van der Waals surface area contributed by atoms with E-state index >= 15 is 0 Å². The second kappa shape index (κ2) is 6.68. The fraction of sp³-hybridized carbons (Fsp3) is 0.133. The summed E-state index contributed by atoms with van der Waals surface area (Å²) in [6, 6.07) is 6.85. The monoisotopic (exact) mass is 300 g/mol. The number of thiazole rings is 1. The average molecular weight is 300 g/mol. The minimum Gasteiger partial charge on any atom is -0.465 e. The third-order valence-electron chi connectivity index (χ3n) is 2.66. The maximum atomic E-state index is 11.9. The van der Waals surface area contributed by atoms with E-state index in [2.05, 4.69) is 21.0 Å². The Morgan fingerprint density at radius 3 is 2.95 bits per heavy atom. The van der Waals surface area contributed by atoms with Gasteiger partial charge in [0.25, 0.3) is 5.91 Å². The average Bonchev–Trinajstić information content (AvgIpc) is 3.01. The molecule has 0 atom stereocenters. The summed E-state index contributed by atoms with van der Waals surface area (Å²) in [5.41, 5.74) is 1.52. The second-order valence-corrected chi connectivity index (χ2v) is 4.91. The molecule has 1 N–H and O–H groups in total. The van der Waals surface area contributed by atoms with Gasteiger partial charge in [0.15, 0.2) is 5.01 Å². The number of amides is 1. The largest absolute Gasteiger partial charge is 0.465 e. The molecule has 0 bridgehead atoms. The molecule has 0 aliphatic heterocycles. The number of hydrogen-bond donors (Lipinski definition) is 1. The summed E-state index contributed by atoms with van der Waals surface area (Å²) in [4.78, 5) is 27.3. The van der Waals surface area contributed by atoms with Gasteiger partial charge in [0.1, 0.15) is 5.69 Å². The molecule has 0 unspecified atom stereocenters. The number of methoxy groups -OCH3 is 1. The summed E-state index contributed by atoms with van der Waals surface area (Å²) >= 11 is 1.24. The molecule has 106 valence electrons. The molecule has 0 aliphatic rings. The predicted molar refractivity (Wildman–Crippen MR) is 79.0 cm³/mol. The molecule has 0 spiro atoms. The smallest absolute Gasteiger partial charge is 0.337 e. The van der Waals surface area contributed by atoms with Gasteiger partial charge >= 0.3 is 5.97 Å². The lowest BCUT2D eigenvalue weighted by atomic mass is 10.1. The second-order valence-electron chi connectivity index (χ2n) is 4.06.